The van der Waals surface area contributed by atoms with Crippen molar-refractivity contribution in [2.45, 2.75) is 24.8 Å². The molecule has 4 heteroatoms. The molecule has 0 unspecified atom stereocenters. The maximum Gasteiger partial charge on any atom is 0.255 e. The Hall–Kier alpha value is -1.74. The molecule has 0 radical (unpaired) electrons. The van der Waals surface area contributed by atoms with Gasteiger partial charge in [-0.25, -0.2) is 0 Å². The predicted molar refractivity (Wildman–Crippen MR) is 80.5 cm³/mol. The number of methoxy groups -OCH3 is 1. The highest BCUT2D eigenvalue weighted by Gasteiger charge is 2.27. The van der Waals surface area contributed by atoms with Crippen molar-refractivity contribution in [3.05, 3.63) is 52.3 Å². The van der Waals surface area contributed by atoms with Gasteiger partial charge in [0.2, 0.25) is 0 Å². The number of aromatic nitrogens is 1. The van der Waals surface area contributed by atoms with E-state index in [0.29, 0.717) is 11.6 Å². The molecule has 0 saturated heterocycles. The van der Waals surface area contributed by atoms with Gasteiger partial charge >= 0.3 is 0 Å². The van der Waals surface area contributed by atoms with Crippen LogP contribution in [0.3, 0.4) is 0 Å². The predicted octanol–water partition coefficient (Wildman–Crippen LogP) is 3.60. The summed E-state index contributed by atoms with van der Waals surface area (Å²) in [4.78, 5) is 12.5. The third-order valence-corrected chi connectivity index (χ3v) is 3.90. The summed E-state index contributed by atoms with van der Waals surface area (Å²) in [5.41, 5.74) is 2.62. The van der Waals surface area contributed by atoms with E-state index in [4.69, 9.17) is 16.3 Å². The monoisotopic (exact) mass is 289 g/mol. The first-order valence-electron chi connectivity index (χ1n) is 6.69. The van der Waals surface area contributed by atoms with Gasteiger partial charge in [0.05, 0.1) is 18.7 Å². The standard InChI is InChI=1S/C16H16ClNO2/c1-20-14-4-2-3-11(9-14)15-8-5-12(10-17)16(19)18(15)13-6-7-13/h2-5,8-9,13H,6-7,10H2,1H3. The van der Waals surface area contributed by atoms with E-state index in [9.17, 15) is 4.79 Å². The van der Waals surface area contributed by atoms with E-state index in [2.05, 4.69) is 0 Å². The van der Waals surface area contributed by atoms with Crippen molar-refractivity contribution in [3.8, 4) is 17.0 Å². The van der Waals surface area contributed by atoms with Gasteiger partial charge < -0.3 is 9.30 Å². The van der Waals surface area contributed by atoms with Crippen molar-refractivity contribution in [3.63, 3.8) is 0 Å². The Morgan fingerprint density at radius 1 is 1.30 bits per heavy atom. The zero-order valence-corrected chi connectivity index (χ0v) is 12.1. The topological polar surface area (TPSA) is 31.2 Å². The van der Waals surface area contributed by atoms with Gasteiger partial charge in [-0.05, 0) is 31.0 Å². The van der Waals surface area contributed by atoms with Gasteiger partial charge in [-0.15, -0.1) is 11.6 Å². The summed E-state index contributed by atoms with van der Waals surface area (Å²) in [7, 11) is 1.64. The summed E-state index contributed by atoms with van der Waals surface area (Å²) >= 11 is 5.84. The van der Waals surface area contributed by atoms with Crippen LogP contribution in [0.25, 0.3) is 11.3 Å². The van der Waals surface area contributed by atoms with Crippen LogP contribution in [0.4, 0.5) is 0 Å². The minimum atomic E-state index is 0.0304. The fourth-order valence-electron chi connectivity index (χ4n) is 2.41. The molecule has 1 aromatic heterocycles. The van der Waals surface area contributed by atoms with Gasteiger partial charge in [-0.1, -0.05) is 18.2 Å². The molecule has 1 aromatic carbocycles. The third-order valence-electron chi connectivity index (χ3n) is 3.62. The number of rotatable bonds is 4. The van der Waals surface area contributed by atoms with Crippen LogP contribution in [0.15, 0.2) is 41.2 Å². The number of hydrogen-bond donors (Lipinski definition) is 0. The largest absolute Gasteiger partial charge is 0.497 e. The summed E-state index contributed by atoms with van der Waals surface area (Å²) in [6.07, 6.45) is 2.12. The van der Waals surface area contributed by atoms with E-state index in [1.165, 1.54) is 0 Å². The number of pyridine rings is 1. The number of alkyl halides is 1. The highest BCUT2D eigenvalue weighted by molar-refractivity contribution is 6.17. The lowest BCUT2D eigenvalue weighted by Crippen LogP contribution is -2.23. The SMILES string of the molecule is COc1cccc(-c2ccc(CCl)c(=O)n2C2CC2)c1. The van der Waals surface area contributed by atoms with Crippen molar-refractivity contribution in [2.75, 3.05) is 7.11 Å². The van der Waals surface area contributed by atoms with Gasteiger partial charge in [-0.2, -0.15) is 0 Å². The van der Waals surface area contributed by atoms with E-state index in [-0.39, 0.29) is 11.4 Å². The van der Waals surface area contributed by atoms with Crippen LogP contribution in [-0.4, -0.2) is 11.7 Å². The fourth-order valence-corrected chi connectivity index (χ4v) is 2.61. The van der Waals surface area contributed by atoms with E-state index >= 15 is 0 Å². The van der Waals surface area contributed by atoms with Crippen LogP contribution in [0.5, 0.6) is 5.75 Å². The number of ether oxygens (including phenoxy) is 1. The molecule has 3 nitrogen and oxygen atoms in total. The van der Waals surface area contributed by atoms with E-state index < -0.39 is 0 Å². The first-order chi connectivity index (χ1) is 9.74. The molecule has 2 aromatic rings. The molecule has 0 atom stereocenters. The molecule has 1 fully saturated rings. The molecule has 0 N–H and O–H groups in total. The Bertz CT molecular complexity index is 689. The van der Waals surface area contributed by atoms with Crippen LogP contribution in [-0.2, 0) is 5.88 Å². The molecule has 0 bridgehead atoms. The second-order valence-electron chi connectivity index (χ2n) is 5.02. The average Bonchev–Trinajstić information content (AvgIpc) is 3.31. The molecule has 0 aliphatic heterocycles. The number of benzene rings is 1. The lowest BCUT2D eigenvalue weighted by molar-refractivity contribution is 0.415. The molecular formula is C16H16ClNO2. The Morgan fingerprint density at radius 3 is 2.75 bits per heavy atom. The first-order valence-corrected chi connectivity index (χ1v) is 7.23. The van der Waals surface area contributed by atoms with E-state index in [1.54, 1.807) is 7.11 Å². The zero-order chi connectivity index (χ0) is 14.1. The Kier molecular flexibility index (Phi) is 3.53. The molecule has 1 heterocycles. The number of halogens is 1. The normalized spacial score (nSPS) is 14.3. The maximum absolute atomic E-state index is 12.5. The second kappa shape index (κ2) is 5.33. The van der Waals surface area contributed by atoms with Crippen molar-refractivity contribution < 1.29 is 4.74 Å². The quantitative estimate of drug-likeness (QED) is 0.805. The van der Waals surface area contributed by atoms with Crippen LogP contribution in [0.1, 0.15) is 24.4 Å². The molecule has 20 heavy (non-hydrogen) atoms. The van der Waals surface area contributed by atoms with Gasteiger partial charge in [0, 0.05) is 17.2 Å². The van der Waals surface area contributed by atoms with Crippen LogP contribution in [0.2, 0.25) is 0 Å². The summed E-state index contributed by atoms with van der Waals surface area (Å²) in [6.45, 7) is 0. The third kappa shape index (κ3) is 2.34. The molecule has 1 aliphatic rings. The highest BCUT2D eigenvalue weighted by Crippen LogP contribution is 2.37. The summed E-state index contributed by atoms with van der Waals surface area (Å²) in [5, 5.41) is 0. The summed E-state index contributed by atoms with van der Waals surface area (Å²) in [5.74, 6) is 1.04. The van der Waals surface area contributed by atoms with Crippen LogP contribution >= 0.6 is 11.6 Å². The number of nitrogens with zero attached hydrogens (tertiary/aromatic N) is 1. The molecule has 1 saturated carbocycles. The Morgan fingerprint density at radius 2 is 2.10 bits per heavy atom. The smallest absolute Gasteiger partial charge is 0.255 e. The van der Waals surface area contributed by atoms with Gasteiger partial charge in [0.25, 0.3) is 5.56 Å². The lowest BCUT2D eigenvalue weighted by Gasteiger charge is -2.14. The lowest BCUT2D eigenvalue weighted by atomic mass is 10.1. The molecule has 104 valence electrons. The Balaban J connectivity index is 2.17. The molecule has 0 spiro atoms. The zero-order valence-electron chi connectivity index (χ0n) is 11.3. The number of hydrogen-bond acceptors (Lipinski definition) is 2. The average molecular weight is 290 g/mol. The van der Waals surface area contributed by atoms with E-state index in [1.807, 2.05) is 41.0 Å². The highest BCUT2D eigenvalue weighted by atomic mass is 35.5. The fraction of sp³-hybridized carbons (Fsp3) is 0.312. The summed E-state index contributed by atoms with van der Waals surface area (Å²) in [6, 6.07) is 11.9. The molecule has 3 rings (SSSR count). The van der Waals surface area contributed by atoms with Crippen molar-refractivity contribution in [1.82, 2.24) is 4.57 Å². The van der Waals surface area contributed by atoms with Crippen LogP contribution in [0, 0.1) is 0 Å². The Labute approximate surface area is 122 Å². The minimum absolute atomic E-state index is 0.0304. The van der Waals surface area contributed by atoms with Gasteiger partial charge in [0.1, 0.15) is 5.75 Å². The van der Waals surface area contributed by atoms with Gasteiger partial charge in [0.15, 0.2) is 0 Å². The maximum atomic E-state index is 12.5. The second-order valence-corrected chi connectivity index (χ2v) is 5.28. The molecule has 1 aliphatic carbocycles. The van der Waals surface area contributed by atoms with Crippen molar-refractivity contribution >= 4 is 11.6 Å². The first kappa shape index (κ1) is 13.3. The molecule has 0 amide bonds. The minimum Gasteiger partial charge on any atom is -0.497 e. The van der Waals surface area contributed by atoms with Crippen molar-refractivity contribution in [1.29, 1.82) is 0 Å². The van der Waals surface area contributed by atoms with Crippen molar-refractivity contribution in [2.24, 2.45) is 0 Å². The van der Waals surface area contributed by atoms with Crippen LogP contribution < -0.4 is 10.3 Å². The molecular weight excluding hydrogens is 274 g/mol. The summed E-state index contributed by atoms with van der Waals surface area (Å²) < 4.78 is 7.14. The van der Waals surface area contributed by atoms with Gasteiger partial charge in [-0.3, -0.25) is 4.79 Å². The van der Waals surface area contributed by atoms with E-state index in [0.717, 1.165) is 29.8 Å².